The number of carbonyl (C=O) groups is 3. The first kappa shape index (κ1) is 22.5. The van der Waals surface area contributed by atoms with Gasteiger partial charge in [0, 0.05) is 19.1 Å². The highest BCUT2D eigenvalue weighted by Crippen LogP contribution is 2.23. The second kappa shape index (κ2) is 10.1. The van der Waals surface area contributed by atoms with Crippen LogP contribution >= 0.6 is 0 Å². The predicted octanol–water partition coefficient (Wildman–Crippen LogP) is 3.40. The molecule has 2 N–H and O–H groups in total. The van der Waals surface area contributed by atoms with Crippen LogP contribution in [0.5, 0.6) is 0 Å². The Hall–Kier alpha value is -2.77. The molecule has 2 atom stereocenters. The summed E-state index contributed by atoms with van der Waals surface area (Å²) in [5.41, 5.74) is 0.210. The van der Waals surface area contributed by atoms with Crippen molar-refractivity contribution in [3.63, 3.8) is 0 Å². The predicted molar refractivity (Wildman–Crippen MR) is 106 cm³/mol. The normalized spacial score (nSPS) is 17.9. The number of rotatable bonds is 6. The average Bonchev–Trinajstić information content (AvgIpc) is 2.64. The van der Waals surface area contributed by atoms with Gasteiger partial charge in [-0.2, -0.15) is 0 Å². The van der Waals surface area contributed by atoms with Crippen LogP contribution in [0, 0.1) is 5.92 Å². The molecular weight excluding hydrogens is 376 g/mol. The second-order valence-electron chi connectivity index (χ2n) is 8.24. The first-order chi connectivity index (χ1) is 13.6. The highest BCUT2D eigenvalue weighted by molar-refractivity contribution is 5.72. The number of carbonyl (C=O) groups excluding carboxylic acids is 2. The number of hydrogen-bond donors (Lipinski definition) is 2. The van der Waals surface area contributed by atoms with E-state index < -0.39 is 29.8 Å². The van der Waals surface area contributed by atoms with Crippen molar-refractivity contribution >= 4 is 18.2 Å². The summed E-state index contributed by atoms with van der Waals surface area (Å²) in [6, 6.07) is 8.76. The van der Waals surface area contributed by atoms with Gasteiger partial charge in [-0.3, -0.25) is 4.79 Å². The van der Waals surface area contributed by atoms with Gasteiger partial charge in [-0.05, 0) is 45.1 Å². The van der Waals surface area contributed by atoms with Crippen molar-refractivity contribution in [2.24, 2.45) is 5.92 Å². The molecule has 0 aromatic heterocycles. The third-order valence-electron chi connectivity index (χ3n) is 4.59. The molecule has 0 saturated carbocycles. The first-order valence-electron chi connectivity index (χ1n) is 9.81. The SMILES string of the molecule is CC(C)(C)OC(=O)N[C@H](CC(=O)O)[C@@H]1CCCN(C(=O)OCc2ccccc2)C1. The summed E-state index contributed by atoms with van der Waals surface area (Å²) in [6.45, 7) is 6.25. The van der Waals surface area contributed by atoms with Gasteiger partial charge in [0.2, 0.25) is 0 Å². The summed E-state index contributed by atoms with van der Waals surface area (Å²) >= 11 is 0. The number of alkyl carbamates (subject to hydrolysis) is 1. The molecule has 1 heterocycles. The van der Waals surface area contributed by atoms with Crippen LogP contribution in [0.2, 0.25) is 0 Å². The van der Waals surface area contributed by atoms with Crippen molar-refractivity contribution in [2.75, 3.05) is 13.1 Å². The maximum absolute atomic E-state index is 12.4. The lowest BCUT2D eigenvalue weighted by atomic mass is 9.89. The van der Waals surface area contributed by atoms with Crippen molar-refractivity contribution in [3.05, 3.63) is 35.9 Å². The molecule has 0 radical (unpaired) electrons. The number of likely N-dealkylation sites (tertiary alicyclic amines) is 1. The summed E-state index contributed by atoms with van der Waals surface area (Å²) in [4.78, 5) is 37.5. The number of benzene rings is 1. The minimum atomic E-state index is -1.02. The lowest BCUT2D eigenvalue weighted by Gasteiger charge is -2.36. The Bertz CT molecular complexity index is 701. The van der Waals surface area contributed by atoms with E-state index in [9.17, 15) is 19.5 Å². The fourth-order valence-corrected chi connectivity index (χ4v) is 3.30. The molecule has 8 heteroatoms. The summed E-state index contributed by atoms with van der Waals surface area (Å²) in [6.07, 6.45) is 0.0713. The highest BCUT2D eigenvalue weighted by Gasteiger charge is 2.33. The van der Waals surface area contributed by atoms with Gasteiger partial charge in [0.1, 0.15) is 12.2 Å². The van der Waals surface area contributed by atoms with E-state index in [2.05, 4.69) is 5.32 Å². The quantitative estimate of drug-likeness (QED) is 0.750. The summed E-state index contributed by atoms with van der Waals surface area (Å²) in [5, 5.41) is 11.9. The molecule has 160 valence electrons. The number of amides is 2. The van der Waals surface area contributed by atoms with Crippen LogP contribution in [0.25, 0.3) is 0 Å². The van der Waals surface area contributed by atoms with Crippen LogP contribution in [0.3, 0.4) is 0 Å². The average molecular weight is 406 g/mol. The van der Waals surface area contributed by atoms with Crippen molar-refractivity contribution < 1.29 is 29.0 Å². The number of carboxylic acids is 1. The van der Waals surface area contributed by atoms with Crippen LogP contribution < -0.4 is 5.32 Å². The standard InChI is InChI=1S/C21H30N2O6/c1-21(2,3)29-19(26)22-17(12-18(24)25)16-10-7-11-23(13-16)20(27)28-14-15-8-5-4-6-9-15/h4-6,8-9,16-17H,7,10-14H2,1-3H3,(H,22,26)(H,24,25)/t16-,17-/m1/s1. The summed E-state index contributed by atoms with van der Waals surface area (Å²) in [5.74, 6) is -1.22. The Balaban J connectivity index is 1.95. The van der Waals surface area contributed by atoms with Crippen LogP contribution in [-0.2, 0) is 20.9 Å². The molecule has 29 heavy (non-hydrogen) atoms. The van der Waals surface area contributed by atoms with E-state index in [1.807, 2.05) is 30.3 Å². The zero-order chi connectivity index (χ0) is 21.4. The van der Waals surface area contributed by atoms with E-state index in [-0.39, 0.29) is 18.9 Å². The molecule has 0 spiro atoms. The fourth-order valence-electron chi connectivity index (χ4n) is 3.30. The zero-order valence-corrected chi connectivity index (χ0v) is 17.2. The third-order valence-corrected chi connectivity index (χ3v) is 4.59. The van der Waals surface area contributed by atoms with Crippen molar-refractivity contribution in [3.8, 4) is 0 Å². The van der Waals surface area contributed by atoms with E-state index >= 15 is 0 Å². The first-order valence-corrected chi connectivity index (χ1v) is 9.81. The molecule has 1 fully saturated rings. The smallest absolute Gasteiger partial charge is 0.410 e. The van der Waals surface area contributed by atoms with Gasteiger partial charge in [-0.15, -0.1) is 0 Å². The Morgan fingerprint density at radius 2 is 1.93 bits per heavy atom. The highest BCUT2D eigenvalue weighted by atomic mass is 16.6. The number of hydrogen-bond acceptors (Lipinski definition) is 5. The van der Waals surface area contributed by atoms with E-state index in [1.54, 1.807) is 25.7 Å². The van der Waals surface area contributed by atoms with Crippen LogP contribution in [-0.4, -0.2) is 52.9 Å². The molecule has 1 aliphatic heterocycles. The number of aliphatic carboxylic acids is 1. The largest absolute Gasteiger partial charge is 0.481 e. The van der Waals surface area contributed by atoms with E-state index in [1.165, 1.54) is 0 Å². The van der Waals surface area contributed by atoms with Crippen molar-refractivity contribution in [1.29, 1.82) is 0 Å². The van der Waals surface area contributed by atoms with Gasteiger partial charge in [0.25, 0.3) is 0 Å². The summed E-state index contributed by atoms with van der Waals surface area (Å²) < 4.78 is 10.6. The Morgan fingerprint density at radius 1 is 1.24 bits per heavy atom. The van der Waals surface area contributed by atoms with Crippen molar-refractivity contribution in [1.82, 2.24) is 10.2 Å². The second-order valence-corrected chi connectivity index (χ2v) is 8.24. The van der Waals surface area contributed by atoms with Gasteiger partial charge in [0.15, 0.2) is 0 Å². The maximum Gasteiger partial charge on any atom is 0.410 e. The number of piperidine rings is 1. The van der Waals surface area contributed by atoms with E-state index in [0.717, 1.165) is 5.56 Å². The molecule has 0 unspecified atom stereocenters. The zero-order valence-electron chi connectivity index (χ0n) is 17.2. The molecule has 0 bridgehead atoms. The molecule has 2 amide bonds. The van der Waals surface area contributed by atoms with Crippen LogP contribution in [0.15, 0.2) is 30.3 Å². The minimum Gasteiger partial charge on any atom is -0.481 e. The molecule has 8 nitrogen and oxygen atoms in total. The number of carboxylic acid groups (broad SMARTS) is 1. The Kier molecular flexibility index (Phi) is 7.87. The topological polar surface area (TPSA) is 105 Å². The maximum atomic E-state index is 12.4. The Labute approximate surface area is 171 Å². The number of nitrogens with one attached hydrogen (secondary N) is 1. The molecule has 1 aliphatic rings. The van der Waals surface area contributed by atoms with Gasteiger partial charge in [-0.25, -0.2) is 9.59 Å². The monoisotopic (exact) mass is 406 g/mol. The molecule has 1 aromatic carbocycles. The molecule has 0 aliphatic carbocycles. The van der Waals surface area contributed by atoms with Gasteiger partial charge >= 0.3 is 18.2 Å². The molecule has 1 aromatic rings. The van der Waals surface area contributed by atoms with E-state index in [4.69, 9.17) is 9.47 Å². The van der Waals surface area contributed by atoms with Gasteiger partial charge < -0.3 is 24.8 Å². The molecular formula is C21H30N2O6. The van der Waals surface area contributed by atoms with Crippen LogP contribution in [0.4, 0.5) is 9.59 Å². The van der Waals surface area contributed by atoms with Crippen molar-refractivity contribution in [2.45, 2.75) is 58.3 Å². The lowest BCUT2D eigenvalue weighted by molar-refractivity contribution is -0.138. The number of nitrogens with zero attached hydrogens (tertiary/aromatic N) is 1. The minimum absolute atomic E-state index is 0.176. The molecule has 2 rings (SSSR count). The molecule has 1 saturated heterocycles. The van der Waals surface area contributed by atoms with Gasteiger partial charge in [-0.1, -0.05) is 30.3 Å². The fraction of sp³-hybridized carbons (Fsp3) is 0.571. The van der Waals surface area contributed by atoms with E-state index in [0.29, 0.717) is 25.9 Å². The Morgan fingerprint density at radius 3 is 2.55 bits per heavy atom. The third kappa shape index (κ3) is 8.01. The van der Waals surface area contributed by atoms with Crippen LogP contribution in [0.1, 0.15) is 45.6 Å². The summed E-state index contributed by atoms with van der Waals surface area (Å²) in [7, 11) is 0. The lowest BCUT2D eigenvalue weighted by Crippen LogP contribution is -2.50. The van der Waals surface area contributed by atoms with Gasteiger partial charge in [0.05, 0.1) is 6.42 Å². The number of ether oxygens (including phenoxy) is 2.